The molecule has 0 unspecified atom stereocenters. The summed E-state index contributed by atoms with van der Waals surface area (Å²) in [5.41, 5.74) is 3.73. The van der Waals surface area contributed by atoms with Gasteiger partial charge < -0.3 is 19.7 Å². The summed E-state index contributed by atoms with van der Waals surface area (Å²) in [4.78, 5) is 19.6. The number of nitrogens with one attached hydrogen (secondary N) is 1. The first-order chi connectivity index (χ1) is 13.6. The number of piperidine rings is 1. The molecule has 2 aromatic rings. The molecule has 4 rings (SSSR count). The van der Waals surface area contributed by atoms with Gasteiger partial charge in [0.1, 0.15) is 5.82 Å². The van der Waals surface area contributed by atoms with Crippen LogP contribution >= 0.6 is 0 Å². The van der Waals surface area contributed by atoms with Crippen LogP contribution in [0.1, 0.15) is 41.3 Å². The molecule has 0 atom stereocenters. The van der Waals surface area contributed by atoms with Gasteiger partial charge >= 0.3 is 0 Å². The average molecular weight is 381 g/mol. The highest BCUT2D eigenvalue weighted by Crippen LogP contribution is 2.33. The van der Waals surface area contributed by atoms with Crippen molar-refractivity contribution in [2.75, 3.05) is 36.5 Å². The Morgan fingerprint density at radius 3 is 2.68 bits per heavy atom. The first-order valence-electron chi connectivity index (χ1n) is 9.99. The molecule has 2 aliphatic rings. The van der Waals surface area contributed by atoms with E-state index in [0.29, 0.717) is 18.8 Å². The molecule has 2 saturated heterocycles. The molecule has 3 heterocycles. The summed E-state index contributed by atoms with van der Waals surface area (Å²) in [5, 5.41) is 3.09. The van der Waals surface area contributed by atoms with Crippen molar-refractivity contribution >= 4 is 17.4 Å². The Morgan fingerprint density at radius 1 is 1.21 bits per heavy atom. The molecule has 1 spiro atoms. The smallest absolute Gasteiger partial charge is 0.255 e. The number of hydrogen-bond acceptors (Lipinski definition) is 5. The van der Waals surface area contributed by atoms with Crippen LogP contribution in [0.5, 0.6) is 0 Å². The van der Waals surface area contributed by atoms with Gasteiger partial charge in [-0.15, -0.1) is 0 Å². The van der Waals surface area contributed by atoms with Crippen LogP contribution in [0.25, 0.3) is 0 Å². The van der Waals surface area contributed by atoms with E-state index >= 15 is 0 Å². The van der Waals surface area contributed by atoms with Crippen molar-refractivity contribution in [3.05, 3.63) is 53.2 Å². The zero-order valence-corrected chi connectivity index (χ0v) is 16.5. The van der Waals surface area contributed by atoms with E-state index < -0.39 is 5.79 Å². The summed E-state index contributed by atoms with van der Waals surface area (Å²) < 4.78 is 11.6. The normalized spacial score (nSPS) is 18.4. The van der Waals surface area contributed by atoms with E-state index in [2.05, 4.69) is 28.2 Å². The average Bonchev–Trinajstić information content (AvgIpc) is 3.18. The van der Waals surface area contributed by atoms with Crippen molar-refractivity contribution in [2.45, 2.75) is 38.9 Å². The molecule has 6 nitrogen and oxygen atoms in total. The second-order valence-corrected chi connectivity index (χ2v) is 7.41. The second-order valence-electron chi connectivity index (χ2n) is 7.41. The van der Waals surface area contributed by atoms with Gasteiger partial charge in [0.15, 0.2) is 5.79 Å². The molecule has 0 radical (unpaired) electrons. The van der Waals surface area contributed by atoms with E-state index in [1.165, 1.54) is 0 Å². The van der Waals surface area contributed by atoms with E-state index in [4.69, 9.17) is 9.47 Å². The summed E-state index contributed by atoms with van der Waals surface area (Å²) >= 11 is 0. The number of aromatic nitrogens is 1. The lowest BCUT2D eigenvalue weighted by Crippen LogP contribution is -2.45. The summed E-state index contributed by atoms with van der Waals surface area (Å²) in [7, 11) is 0. The van der Waals surface area contributed by atoms with Crippen molar-refractivity contribution in [2.24, 2.45) is 0 Å². The zero-order valence-electron chi connectivity index (χ0n) is 16.5. The third-order valence-corrected chi connectivity index (χ3v) is 5.65. The Hall–Kier alpha value is -2.44. The molecule has 28 heavy (non-hydrogen) atoms. The summed E-state index contributed by atoms with van der Waals surface area (Å²) in [6, 6.07) is 9.72. The number of ether oxygens (including phenoxy) is 2. The predicted octanol–water partition coefficient (Wildman–Crippen LogP) is 3.55. The van der Waals surface area contributed by atoms with E-state index in [-0.39, 0.29) is 5.91 Å². The van der Waals surface area contributed by atoms with Crippen molar-refractivity contribution in [1.82, 2.24) is 4.98 Å². The van der Waals surface area contributed by atoms with E-state index in [1.807, 2.05) is 25.1 Å². The van der Waals surface area contributed by atoms with E-state index in [9.17, 15) is 4.79 Å². The number of pyridine rings is 1. The summed E-state index contributed by atoms with van der Waals surface area (Å²) in [6.45, 7) is 7.06. The van der Waals surface area contributed by atoms with Gasteiger partial charge in [0, 0.05) is 43.4 Å². The SMILES string of the molecule is CCc1cccc(C)c1NC(=O)c1ccnc(N2CCC3(CC2)OCCO3)c1. The van der Waals surface area contributed by atoms with Gasteiger partial charge in [-0.2, -0.15) is 0 Å². The Bertz CT molecular complexity index is 852. The second kappa shape index (κ2) is 7.89. The molecule has 148 valence electrons. The maximum atomic E-state index is 12.9. The van der Waals surface area contributed by atoms with Crippen LogP contribution < -0.4 is 10.2 Å². The van der Waals surface area contributed by atoms with Gasteiger partial charge in [-0.05, 0) is 36.6 Å². The van der Waals surface area contributed by atoms with Crippen LogP contribution in [-0.4, -0.2) is 43.0 Å². The van der Waals surface area contributed by atoms with Crippen molar-refractivity contribution in [1.29, 1.82) is 0 Å². The van der Waals surface area contributed by atoms with Crippen LogP contribution in [0.2, 0.25) is 0 Å². The minimum atomic E-state index is -0.410. The molecule has 2 aliphatic heterocycles. The van der Waals surface area contributed by atoms with Crippen LogP contribution in [0.4, 0.5) is 11.5 Å². The first kappa shape index (κ1) is 18.9. The van der Waals surface area contributed by atoms with Crippen LogP contribution in [0.3, 0.4) is 0 Å². The Morgan fingerprint density at radius 2 is 1.96 bits per heavy atom. The number of amides is 1. The molecule has 6 heteroatoms. The lowest BCUT2D eigenvalue weighted by molar-refractivity contribution is -0.169. The molecule has 1 aromatic heterocycles. The van der Waals surface area contributed by atoms with E-state index in [0.717, 1.165) is 55.0 Å². The van der Waals surface area contributed by atoms with Crippen LogP contribution in [-0.2, 0) is 15.9 Å². The number of nitrogens with zero attached hydrogens (tertiary/aromatic N) is 2. The monoisotopic (exact) mass is 381 g/mol. The molecule has 1 N–H and O–H groups in total. The minimum Gasteiger partial charge on any atom is -0.356 e. The highest BCUT2D eigenvalue weighted by atomic mass is 16.7. The molecule has 0 bridgehead atoms. The molecule has 0 saturated carbocycles. The number of anilines is 2. The lowest BCUT2D eigenvalue weighted by Gasteiger charge is -2.38. The van der Waals surface area contributed by atoms with Gasteiger partial charge in [-0.25, -0.2) is 4.98 Å². The number of carbonyl (C=O) groups excluding carboxylic acids is 1. The molecule has 1 amide bonds. The lowest BCUT2D eigenvalue weighted by atomic mass is 10.0. The Balaban J connectivity index is 1.47. The van der Waals surface area contributed by atoms with Gasteiger partial charge in [0.05, 0.1) is 13.2 Å². The van der Waals surface area contributed by atoms with Crippen molar-refractivity contribution in [3.8, 4) is 0 Å². The number of aryl methyl sites for hydroxylation is 2. The van der Waals surface area contributed by atoms with Crippen LogP contribution in [0.15, 0.2) is 36.5 Å². The largest absolute Gasteiger partial charge is 0.356 e. The number of hydrogen-bond donors (Lipinski definition) is 1. The highest BCUT2D eigenvalue weighted by Gasteiger charge is 2.40. The first-order valence-corrected chi connectivity index (χ1v) is 9.99. The fourth-order valence-corrected chi connectivity index (χ4v) is 3.98. The molecular formula is C22H27N3O3. The van der Waals surface area contributed by atoms with Gasteiger partial charge in [-0.1, -0.05) is 25.1 Å². The number of benzene rings is 1. The van der Waals surface area contributed by atoms with Gasteiger partial charge in [0.25, 0.3) is 5.91 Å². The predicted molar refractivity (Wildman–Crippen MR) is 109 cm³/mol. The third kappa shape index (κ3) is 3.75. The molecule has 1 aromatic carbocycles. The van der Waals surface area contributed by atoms with E-state index in [1.54, 1.807) is 12.3 Å². The third-order valence-electron chi connectivity index (χ3n) is 5.65. The maximum Gasteiger partial charge on any atom is 0.255 e. The zero-order chi connectivity index (χ0) is 19.6. The molecule has 0 aliphatic carbocycles. The van der Waals surface area contributed by atoms with Crippen molar-refractivity contribution in [3.63, 3.8) is 0 Å². The van der Waals surface area contributed by atoms with Crippen LogP contribution in [0, 0.1) is 6.92 Å². The highest BCUT2D eigenvalue weighted by molar-refractivity contribution is 6.05. The summed E-state index contributed by atoms with van der Waals surface area (Å²) in [6.07, 6.45) is 4.21. The standard InChI is InChI=1S/C22H27N3O3/c1-3-17-6-4-5-16(2)20(17)24-21(26)18-7-10-23-19(15-18)25-11-8-22(9-12-25)27-13-14-28-22/h4-7,10,15H,3,8-9,11-14H2,1-2H3,(H,24,26). The molecule has 2 fully saturated rings. The fourth-order valence-electron chi connectivity index (χ4n) is 3.98. The van der Waals surface area contributed by atoms with Gasteiger partial charge in [-0.3, -0.25) is 4.79 Å². The Labute approximate surface area is 165 Å². The Kier molecular flexibility index (Phi) is 5.33. The quantitative estimate of drug-likeness (QED) is 0.878. The number of rotatable bonds is 4. The minimum absolute atomic E-state index is 0.108. The number of carbonyl (C=O) groups is 1. The summed E-state index contributed by atoms with van der Waals surface area (Å²) in [5.74, 6) is 0.303. The topological polar surface area (TPSA) is 63.7 Å². The van der Waals surface area contributed by atoms with Crippen molar-refractivity contribution < 1.29 is 14.3 Å². The van der Waals surface area contributed by atoms with Gasteiger partial charge in [0.2, 0.25) is 0 Å². The molecular weight excluding hydrogens is 354 g/mol. The number of para-hydroxylation sites is 1. The maximum absolute atomic E-state index is 12.9. The fraction of sp³-hybridized carbons (Fsp3) is 0.455.